The lowest BCUT2D eigenvalue weighted by Crippen LogP contribution is -2.52. The van der Waals surface area contributed by atoms with Crippen molar-refractivity contribution in [3.63, 3.8) is 0 Å². The molecule has 3 heteroatoms. The van der Waals surface area contributed by atoms with Gasteiger partial charge >= 0.3 is 0 Å². The van der Waals surface area contributed by atoms with Gasteiger partial charge in [-0.05, 0) is 19.4 Å². The van der Waals surface area contributed by atoms with Crippen LogP contribution in [-0.4, -0.2) is 25.8 Å². The molecular weight excluding hydrogens is 214 g/mol. The van der Waals surface area contributed by atoms with Crippen molar-refractivity contribution in [1.29, 1.82) is 0 Å². The Morgan fingerprint density at radius 2 is 2.24 bits per heavy atom. The van der Waals surface area contributed by atoms with Crippen molar-refractivity contribution >= 4 is 0 Å². The van der Waals surface area contributed by atoms with Crippen molar-refractivity contribution in [2.75, 3.05) is 20.3 Å². The Hall–Kier alpha value is -1.06. The summed E-state index contributed by atoms with van der Waals surface area (Å²) >= 11 is 0. The molecule has 1 aliphatic rings. The number of hydrogen-bond donors (Lipinski definition) is 1. The first-order valence-corrected chi connectivity index (χ1v) is 6.18. The SMILES string of the molecule is CCC1(C)COC(c2ccccc2OC)CN1. The summed E-state index contributed by atoms with van der Waals surface area (Å²) in [5, 5.41) is 3.56. The molecule has 0 bridgehead atoms. The summed E-state index contributed by atoms with van der Waals surface area (Å²) in [6.45, 7) is 5.96. The van der Waals surface area contributed by atoms with Crippen LogP contribution in [0, 0.1) is 0 Å². The molecule has 1 heterocycles. The number of benzene rings is 1. The van der Waals surface area contributed by atoms with E-state index in [0.29, 0.717) is 0 Å². The molecule has 0 spiro atoms. The Kier molecular flexibility index (Phi) is 3.69. The monoisotopic (exact) mass is 235 g/mol. The quantitative estimate of drug-likeness (QED) is 0.873. The van der Waals surface area contributed by atoms with E-state index in [0.717, 1.165) is 30.9 Å². The summed E-state index contributed by atoms with van der Waals surface area (Å²) in [7, 11) is 1.70. The molecule has 0 radical (unpaired) electrons. The van der Waals surface area contributed by atoms with Crippen LogP contribution in [0.5, 0.6) is 5.75 Å². The second kappa shape index (κ2) is 5.07. The average molecular weight is 235 g/mol. The molecule has 1 aromatic carbocycles. The minimum Gasteiger partial charge on any atom is -0.496 e. The van der Waals surface area contributed by atoms with Crippen molar-refractivity contribution in [3.05, 3.63) is 29.8 Å². The van der Waals surface area contributed by atoms with E-state index in [9.17, 15) is 0 Å². The zero-order valence-electron chi connectivity index (χ0n) is 10.8. The van der Waals surface area contributed by atoms with Gasteiger partial charge in [0.1, 0.15) is 5.75 Å². The molecular formula is C14H21NO2. The van der Waals surface area contributed by atoms with Crippen molar-refractivity contribution in [2.45, 2.75) is 31.9 Å². The molecule has 17 heavy (non-hydrogen) atoms. The van der Waals surface area contributed by atoms with Crippen LogP contribution >= 0.6 is 0 Å². The van der Waals surface area contributed by atoms with E-state index in [4.69, 9.17) is 9.47 Å². The highest BCUT2D eigenvalue weighted by atomic mass is 16.5. The molecule has 1 aromatic rings. The van der Waals surface area contributed by atoms with Crippen LogP contribution in [0.4, 0.5) is 0 Å². The lowest BCUT2D eigenvalue weighted by Gasteiger charge is -2.38. The van der Waals surface area contributed by atoms with Crippen molar-refractivity contribution in [2.24, 2.45) is 0 Å². The second-order valence-corrected chi connectivity index (χ2v) is 4.84. The first-order chi connectivity index (χ1) is 8.18. The molecule has 0 aromatic heterocycles. The van der Waals surface area contributed by atoms with Crippen LogP contribution < -0.4 is 10.1 Å². The fourth-order valence-corrected chi connectivity index (χ4v) is 2.09. The molecule has 1 N–H and O–H groups in total. The highest BCUT2D eigenvalue weighted by Crippen LogP contribution is 2.31. The number of hydrogen-bond acceptors (Lipinski definition) is 3. The third-order valence-corrected chi connectivity index (χ3v) is 3.58. The highest BCUT2D eigenvalue weighted by Gasteiger charge is 2.31. The topological polar surface area (TPSA) is 30.5 Å². The molecule has 3 nitrogen and oxygen atoms in total. The number of rotatable bonds is 3. The zero-order chi connectivity index (χ0) is 12.3. The lowest BCUT2D eigenvalue weighted by molar-refractivity contribution is -0.0308. The molecule has 0 aliphatic carbocycles. The van der Waals surface area contributed by atoms with Gasteiger partial charge in [0.15, 0.2) is 0 Å². The maximum atomic E-state index is 5.97. The fourth-order valence-electron chi connectivity index (χ4n) is 2.09. The largest absolute Gasteiger partial charge is 0.496 e. The van der Waals surface area contributed by atoms with Crippen molar-refractivity contribution in [1.82, 2.24) is 5.32 Å². The smallest absolute Gasteiger partial charge is 0.124 e. The van der Waals surface area contributed by atoms with Crippen LogP contribution in [0.1, 0.15) is 31.9 Å². The molecule has 2 rings (SSSR count). The summed E-state index contributed by atoms with van der Waals surface area (Å²) in [4.78, 5) is 0. The predicted molar refractivity (Wildman–Crippen MR) is 68.4 cm³/mol. The van der Waals surface area contributed by atoms with Gasteiger partial charge in [0.25, 0.3) is 0 Å². The molecule has 1 saturated heterocycles. The predicted octanol–water partition coefficient (Wildman–Crippen LogP) is 2.52. The number of methoxy groups -OCH3 is 1. The summed E-state index contributed by atoms with van der Waals surface area (Å²) in [5.74, 6) is 0.902. The van der Waals surface area contributed by atoms with Crippen LogP contribution in [-0.2, 0) is 4.74 Å². The van der Waals surface area contributed by atoms with Crippen LogP contribution in [0.2, 0.25) is 0 Å². The van der Waals surface area contributed by atoms with E-state index >= 15 is 0 Å². The Morgan fingerprint density at radius 3 is 2.82 bits per heavy atom. The fraction of sp³-hybridized carbons (Fsp3) is 0.571. The Morgan fingerprint density at radius 1 is 1.47 bits per heavy atom. The molecule has 94 valence electrons. The van der Waals surface area contributed by atoms with Gasteiger partial charge in [0.05, 0.1) is 19.8 Å². The van der Waals surface area contributed by atoms with Gasteiger partial charge in [-0.2, -0.15) is 0 Å². The zero-order valence-corrected chi connectivity index (χ0v) is 10.8. The van der Waals surface area contributed by atoms with Gasteiger partial charge in [-0.15, -0.1) is 0 Å². The van der Waals surface area contributed by atoms with E-state index in [1.54, 1.807) is 7.11 Å². The molecule has 0 amide bonds. The molecule has 2 atom stereocenters. The number of morpholine rings is 1. The van der Waals surface area contributed by atoms with E-state index < -0.39 is 0 Å². The molecule has 1 aliphatic heterocycles. The Balaban J connectivity index is 2.10. The molecule has 1 fully saturated rings. The maximum absolute atomic E-state index is 5.97. The van der Waals surface area contributed by atoms with Gasteiger partial charge in [-0.25, -0.2) is 0 Å². The molecule has 2 unspecified atom stereocenters. The number of para-hydroxylation sites is 1. The standard InChI is InChI=1S/C14H21NO2/c1-4-14(2)10-17-13(9-15-14)11-7-5-6-8-12(11)16-3/h5-8,13,15H,4,9-10H2,1-3H3. The lowest BCUT2D eigenvalue weighted by atomic mass is 9.96. The minimum absolute atomic E-state index is 0.0887. The van der Waals surface area contributed by atoms with Gasteiger partial charge < -0.3 is 14.8 Å². The van der Waals surface area contributed by atoms with Crippen LogP contribution in [0.25, 0.3) is 0 Å². The van der Waals surface area contributed by atoms with Gasteiger partial charge in [-0.3, -0.25) is 0 Å². The first kappa shape index (κ1) is 12.4. The van der Waals surface area contributed by atoms with Gasteiger partial charge in [0, 0.05) is 17.6 Å². The Labute approximate surface area is 103 Å². The van der Waals surface area contributed by atoms with E-state index in [-0.39, 0.29) is 11.6 Å². The summed E-state index contributed by atoms with van der Waals surface area (Å²) in [6.07, 6.45) is 1.16. The van der Waals surface area contributed by atoms with Crippen LogP contribution in [0.15, 0.2) is 24.3 Å². The number of ether oxygens (including phenoxy) is 2. The van der Waals surface area contributed by atoms with E-state index in [2.05, 4.69) is 25.2 Å². The summed E-state index contributed by atoms with van der Waals surface area (Å²) < 4.78 is 11.3. The van der Waals surface area contributed by atoms with Crippen LogP contribution in [0.3, 0.4) is 0 Å². The Bertz CT molecular complexity index is 370. The average Bonchev–Trinajstić information content (AvgIpc) is 2.40. The van der Waals surface area contributed by atoms with E-state index in [1.807, 2.05) is 18.2 Å². The number of nitrogens with one attached hydrogen (secondary N) is 1. The second-order valence-electron chi connectivity index (χ2n) is 4.84. The minimum atomic E-state index is 0.0887. The molecule has 0 saturated carbocycles. The first-order valence-electron chi connectivity index (χ1n) is 6.18. The van der Waals surface area contributed by atoms with Gasteiger partial charge in [0.2, 0.25) is 0 Å². The highest BCUT2D eigenvalue weighted by molar-refractivity contribution is 5.35. The maximum Gasteiger partial charge on any atom is 0.124 e. The van der Waals surface area contributed by atoms with Crippen molar-refractivity contribution < 1.29 is 9.47 Å². The summed E-state index contributed by atoms with van der Waals surface area (Å²) in [6, 6.07) is 8.05. The third kappa shape index (κ3) is 2.61. The van der Waals surface area contributed by atoms with Gasteiger partial charge in [-0.1, -0.05) is 25.1 Å². The summed E-state index contributed by atoms with van der Waals surface area (Å²) in [5.41, 5.74) is 1.24. The third-order valence-electron chi connectivity index (χ3n) is 3.58. The van der Waals surface area contributed by atoms with Crippen molar-refractivity contribution in [3.8, 4) is 5.75 Å². The van der Waals surface area contributed by atoms with E-state index in [1.165, 1.54) is 0 Å². The normalized spacial score (nSPS) is 29.0.